The van der Waals surface area contributed by atoms with Crippen molar-refractivity contribution in [2.75, 3.05) is 0 Å². The van der Waals surface area contributed by atoms with Crippen LogP contribution in [-0.2, 0) is 4.79 Å². The van der Waals surface area contributed by atoms with Gasteiger partial charge in [0.15, 0.2) is 5.76 Å². The lowest BCUT2D eigenvalue weighted by Gasteiger charge is -2.21. The molecule has 6 nitrogen and oxygen atoms in total. The summed E-state index contributed by atoms with van der Waals surface area (Å²) in [7, 11) is 0. The first kappa shape index (κ1) is 22.2. The van der Waals surface area contributed by atoms with E-state index in [2.05, 4.69) is 10.3 Å². The van der Waals surface area contributed by atoms with E-state index in [1.165, 1.54) is 17.5 Å². The zero-order valence-electron chi connectivity index (χ0n) is 16.1. The highest BCUT2D eigenvalue weighted by Crippen LogP contribution is 2.28. The van der Waals surface area contributed by atoms with Gasteiger partial charge in [-0.05, 0) is 25.5 Å². The summed E-state index contributed by atoms with van der Waals surface area (Å²) in [5.74, 6) is -4.02. The number of amides is 1. The van der Waals surface area contributed by atoms with Gasteiger partial charge in [-0.3, -0.25) is 9.59 Å². The van der Waals surface area contributed by atoms with Gasteiger partial charge in [-0.15, -0.1) is 11.3 Å². The molecule has 2 aromatic rings. The van der Waals surface area contributed by atoms with Gasteiger partial charge < -0.3 is 15.5 Å². The predicted molar refractivity (Wildman–Crippen MR) is 104 cm³/mol. The Morgan fingerprint density at radius 1 is 1.36 bits per heavy atom. The molecule has 0 bridgehead atoms. The Bertz CT molecular complexity index is 819. The first-order chi connectivity index (χ1) is 13.2. The van der Waals surface area contributed by atoms with Gasteiger partial charge in [0.25, 0.3) is 5.89 Å². The Labute approximate surface area is 166 Å². The van der Waals surface area contributed by atoms with E-state index in [4.69, 9.17) is 10.2 Å². The van der Waals surface area contributed by atoms with Crippen LogP contribution in [0.1, 0.15) is 55.1 Å². The van der Waals surface area contributed by atoms with Crippen molar-refractivity contribution in [3.05, 3.63) is 29.1 Å². The van der Waals surface area contributed by atoms with E-state index in [0.717, 1.165) is 9.75 Å². The summed E-state index contributed by atoms with van der Waals surface area (Å²) in [5.41, 5.74) is 5.62. The van der Waals surface area contributed by atoms with Crippen molar-refractivity contribution < 1.29 is 22.8 Å². The quantitative estimate of drug-likeness (QED) is 0.575. The molecule has 0 aliphatic carbocycles. The molecule has 2 atom stereocenters. The maximum absolute atomic E-state index is 13.7. The number of hydrogen-bond acceptors (Lipinski definition) is 6. The van der Waals surface area contributed by atoms with Gasteiger partial charge in [0.05, 0.1) is 23.2 Å². The van der Waals surface area contributed by atoms with Crippen LogP contribution in [0.2, 0.25) is 0 Å². The van der Waals surface area contributed by atoms with Crippen LogP contribution in [0, 0.1) is 6.92 Å². The van der Waals surface area contributed by atoms with Crippen LogP contribution in [0.3, 0.4) is 0 Å². The van der Waals surface area contributed by atoms with Crippen LogP contribution in [0.5, 0.6) is 0 Å². The molecule has 9 heteroatoms. The molecule has 0 fully saturated rings. The highest BCUT2D eigenvalue weighted by molar-refractivity contribution is 7.15. The minimum absolute atomic E-state index is 0.141. The fourth-order valence-electron chi connectivity index (χ4n) is 2.73. The van der Waals surface area contributed by atoms with E-state index < -0.39 is 36.1 Å². The molecule has 0 radical (unpaired) electrons. The van der Waals surface area contributed by atoms with Gasteiger partial charge in [0.2, 0.25) is 17.6 Å². The summed E-state index contributed by atoms with van der Waals surface area (Å²) in [5, 5.41) is 2.44. The number of alkyl halides is 2. The van der Waals surface area contributed by atoms with Gasteiger partial charge in [-0.2, -0.15) is 0 Å². The van der Waals surface area contributed by atoms with Crippen LogP contribution >= 0.6 is 11.3 Å². The second-order valence-electron chi connectivity index (χ2n) is 6.69. The highest BCUT2D eigenvalue weighted by atomic mass is 32.1. The monoisotopic (exact) mass is 413 g/mol. The summed E-state index contributed by atoms with van der Waals surface area (Å²) in [4.78, 5) is 30.7. The molecule has 0 aliphatic rings. The number of halogens is 2. The molecule has 0 aliphatic heterocycles. The number of aryl methyl sites for hydroxylation is 1. The third-order valence-corrected chi connectivity index (χ3v) is 5.23. The molecule has 0 unspecified atom stereocenters. The van der Waals surface area contributed by atoms with Crippen LogP contribution in [0.25, 0.3) is 10.6 Å². The van der Waals surface area contributed by atoms with E-state index in [1.54, 1.807) is 13.8 Å². The number of rotatable bonds is 10. The third kappa shape index (κ3) is 5.68. The first-order valence-electron chi connectivity index (χ1n) is 9.17. The zero-order valence-corrected chi connectivity index (χ0v) is 16.9. The molecule has 3 N–H and O–H groups in total. The highest BCUT2D eigenvalue weighted by Gasteiger charge is 2.34. The molecule has 2 aromatic heterocycles. The third-order valence-electron chi connectivity index (χ3n) is 4.21. The molecule has 0 aromatic carbocycles. The number of carbonyl (C=O) groups excluding carboxylic acids is 2. The fraction of sp³-hybridized carbons (Fsp3) is 0.526. The molecule has 1 amide bonds. The molecule has 28 heavy (non-hydrogen) atoms. The smallest absolute Gasteiger partial charge is 0.265 e. The second-order valence-corrected chi connectivity index (χ2v) is 7.98. The molecule has 0 saturated heterocycles. The van der Waals surface area contributed by atoms with Crippen molar-refractivity contribution in [3.8, 4) is 10.6 Å². The number of ketones is 1. The lowest BCUT2D eigenvalue weighted by Crippen LogP contribution is -2.50. The van der Waals surface area contributed by atoms with Crippen molar-refractivity contribution in [2.45, 2.75) is 64.5 Å². The van der Waals surface area contributed by atoms with Crippen molar-refractivity contribution in [3.63, 3.8) is 0 Å². The average molecular weight is 413 g/mol. The van der Waals surface area contributed by atoms with Crippen molar-refractivity contribution in [1.82, 2.24) is 10.3 Å². The van der Waals surface area contributed by atoms with Crippen LogP contribution in [-0.4, -0.2) is 34.7 Å². The predicted octanol–water partition coefficient (Wildman–Crippen LogP) is 3.94. The van der Waals surface area contributed by atoms with Gasteiger partial charge in [0.1, 0.15) is 0 Å². The zero-order chi connectivity index (χ0) is 20.9. The van der Waals surface area contributed by atoms with Gasteiger partial charge in [-0.1, -0.05) is 20.3 Å². The van der Waals surface area contributed by atoms with Gasteiger partial charge in [-0.25, -0.2) is 13.8 Å². The largest absolute Gasteiger partial charge is 0.433 e. The maximum atomic E-state index is 13.7. The van der Waals surface area contributed by atoms with E-state index in [1.807, 2.05) is 19.1 Å². The minimum Gasteiger partial charge on any atom is -0.433 e. The fourth-order valence-corrected chi connectivity index (χ4v) is 3.55. The number of hydrogen-bond donors (Lipinski definition) is 2. The van der Waals surface area contributed by atoms with Crippen LogP contribution < -0.4 is 11.1 Å². The number of carbonyl (C=O) groups is 2. The Hall–Kier alpha value is -2.13. The standard InChI is InChI=1S/C19H25F2N3O3S/c1-4-8-19(20,21)9-12(22)17(26)24-13(5-2)16(25)18-23-10-14(27-18)15-7-6-11(3)28-15/h6-7,10,12-13H,4-5,8-9,22H2,1-3H3,(H,24,26)/t12-,13+/m0/s1. The topological polar surface area (TPSA) is 98.2 Å². The molecular formula is C19H25F2N3O3S. The summed E-state index contributed by atoms with van der Waals surface area (Å²) in [6, 6.07) is 1.44. The van der Waals surface area contributed by atoms with E-state index in [-0.39, 0.29) is 25.2 Å². The molecule has 2 heterocycles. The maximum Gasteiger partial charge on any atom is 0.265 e. The summed E-state index contributed by atoms with van der Waals surface area (Å²) in [6.07, 6.45) is 0.875. The molecular weight excluding hydrogens is 388 g/mol. The molecule has 2 rings (SSSR count). The van der Waals surface area contributed by atoms with E-state index in [9.17, 15) is 18.4 Å². The summed E-state index contributed by atoms with van der Waals surface area (Å²) >= 11 is 1.50. The molecule has 154 valence electrons. The SMILES string of the molecule is CCCC(F)(F)C[C@H](N)C(=O)N[C@H](CC)C(=O)c1ncc(-c2ccc(C)s2)o1. The Kier molecular flexibility index (Phi) is 7.42. The lowest BCUT2D eigenvalue weighted by atomic mass is 10.0. The number of nitrogens with two attached hydrogens (primary N) is 1. The number of oxazole rings is 1. The van der Waals surface area contributed by atoms with E-state index >= 15 is 0 Å². The van der Waals surface area contributed by atoms with Crippen molar-refractivity contribution in [1.29, 1.82) is 0 Å². The number of Topliss-reactive ketones (excluding diaryl/α,β-unsaturated/α-hetero) is 1. The number of aromatic nitrogens is 1. The Balaban J connectivity index is 2.03. The lowest BCUT2D eigenvalue weighted by molar-refractivity contribution is -0.125. The van der Waals surface area contributed by atoms with E-state index in [0.29, 0.717) is 5.76 Å². The minimum atomic E-state index is -3.02. The Morgan fingerprint density at radius 3 is 2.64 bits per heavy atom. The normalized spacial score (nSPS) is 13.9. The number of thiophene rings is 1. The van der Waals surface area contributed by atoms with Gasteiger partial charge in [0, 0.05) is 17.7 Å². The average Bonchev–Trinajstić information content (AvgIpc) is 3.27. The van der Waals surface area contributed by atoms with Crippen molar-refractivity contribution >= 4 is 23.0 Å². The number of nitrogens with one attached hydrogen (secondary N) is 1. The second kappa shape index (κ2) is 9.38. The summed E-state index contributed by atoms with van der Waals surface area (Å²) in [6.45, 7) is 5.27. The van der Waals surface area contributed by atoms with Gasteiger partial charge >= 0.3 is 0 Å². The summed E-state index contributed by atoms with van der Waals surface area (Å²) < 4.78 is 32.9. The molecule has 0 spiro atoms. The van der Waals surface area contributed by atoms with Crippen LogP contribution in [0.4, 0.5) is 8.78 Å². The Morgan fingerprint density at radius 2 is 2.07 bits per heavy atom. The number of nitrogens with zero attached hydrogens (tertiary/aromatic N) is 1. The van der Waals surface area contributed by atoms with Crippen LogP contribution in [0.15, 0.2) is 22.7 Å². The van der Waals surface area contributed by atoms with Crippen molar-refractivity contribution in [2.24, 2.45) is 5.73 Å². The molecule has 0 saturated carbocycles. The first-order valence-corrected chi connectivity index (χ1v) is 9.99.